The van der Waals surface area contributed by atoms with Gasteiger partial charge in [-0.3, -0.25) is 9.69 Å². The summed E-state index contributed by atoms with van der Waals surface area (Å²) >= 11 is 1.70. The lowest BCUT2D eigenvalue weighted by atomic mass is 9.99. The van der Waals surface area contributed by atoms with Gasteiger partial charge in [-0.1, -0.05) is 12.1 Å². The molecule has 2 aliphatic heterocycles. The average Bonchev–Trinajstić information content (AvgIpc) is 2.93. The molecule has 3 N–H and O–H groups in total. The Hall–Kier alpha value is -2.05. The fourth-order valence-corrected chi connectivity index (χ4v) is 4.71. The minimum atomic E-state index is -0.257. The Kier molecular flexibility index (Phi) is 3.73. The molecule has 1 atom stereocenters. The summed E-state index contributed by atoms with van der Waals surface area (Å²) in [5.74, 6) is 0.222. The number of aromatic hydroxyl groups is 1. The zero-order valence-electron chi connectivity index (χ0n) is 13.8. The van der Waals surface area contributed by atoms with E-state index in [1.54, 1.807) is 23.5 Å². The van der Waals surface area contributed by atoms with Crippen molar-refractivity contribution in [3.05, 3.63) is 45.8 Å². The second-order valence-electron chi connectivity index (χ2n) is 6.66. The molecule has 0 saturated heterocycles. The monoisotopic (exact) mass is 343 g/mol. The molecule has 6 heteroatoms. The highest BCUT2D eigenvalue weighted by Crippen LogP contribution is 2.41. The van der Waals surface area contributed by atoms with Crippen LogP contribution in [0.15, 0.2) is 24.3 Å². The zero-order valence-corrected chi connectivity index (χ0v) is 14.6. The van der Waals surface area contributed by atoms with Crippen molar-refractivity contribution in [2.45, 2.75) is 39.0 Å². The number of nitrogens with zero attached hydrogens (tertiary/aromatic N) is 1. The topological polar surface area (TPSA) is 64.6 Å². The van der Waals surface area contributed by atoms with Crippen molar-refractivity contribution in [2.75, 3.05) is 11.9 Å². The number of hydrogen-bond donors (Lipinski definition) is 3. The SMILES string of the molecule is CC(C)N1CCc2c(sc3c2C(=O)NC(c2ccc(O)cc2)N3)C1. The van der Waals surface area contributed by atoms with Crippen LogP contribution in [0.25, 0.3) is 0 Å². The predicted octanol–water partition coefficient (Wildman–Crippen LogP) is 3.07. The maximum absolute atomic E-state index is 12.7. The first kappa shape index (κ1) is 15.5. The van der Waals surface area contributed by atoms with Gasteiger partial charge in [0.05, 0.1) is 5.56 Å². The van der Waals surface area contributed by atoms with E-state index in [4.69, 9.17) is 0 Å². The molecule has 3 heterocycles. The summed E-state index contributed by atoms with van der Waals surface area (Å²) in [6.07, 6.45) is 0.671. The number of benzene rings is 1. The van der Waals surface area contributed by atoms with Gasteiger partial charge in [-0.15, -0.1) is 11.3 Å². The Labute approximate surface area is 145 Å². The van der Waals surface area contributed by atoms with Crippen LogP contribution < -0.4 is 10.6 Å². The molecule has 2 aliphatic rings. The molecule has 4 rings (SSSR count). The number of thiophene rings is 1. The fourth-order valence-electron chi connectivity index (χ4n) is 3.41. The molecular weight excluding hydrogens is 322 g/mol. The Morgan fingerprint density at radius 3 is 2.71 bits per heavy atom. The van der Waals surface area contributed by atoms with E-state index in [1.165, 1.54) is 10.4 Å². The third kappa shape index (κ3) is 2.56. The highest BCUT2D eigenvalue weighted by Gasteiger charge is 2.33. The molecule has 0 bridgehead atoms. The van der Waals surface area contributed by atoms with E-state index in [0.29, 0.717) is 6.04 Å². The molecule has 24 heavy (non-hydrogen) atoms. The lowest BCUT2D eigenvalue weighted by Crippen LogP contribution is -2.39. The highest BCUT2D eigenvalue weighted by molar-refractivity contribution is 7.16. The molecule has 0 saturated carbocycles. The Bertz CT molecular complexity index is 782. The molecule has 0 radical (unpaired) electrons. The van der Waals surface area contributed by atoms with Gasteiger partial charge in [-0.2, -0.15) is 0 Å². The fraction of sp³-hybridized carbons (Fsp3) is 0.389. The zero-order chi connectivity index (χ0) is 16.8. The number of nitrogens with one attached hydrogen (secondary N) is 2. The number of amides is 1. The van der Waals surface area contributed by atoms with Crippen molar-refractivity contribution in [3.8, 4) is 5.75 Å². The Morgan fingerprint density at radius 2 is 2.00 bits per heavy atom. The van der Waals surface area contributed by atoms with E-state index in [-0.39, 0.29) is 17.8 Å². The number of rotatable bonds is 2. The first-order valence-electron chi connectivity index (χ1n) is 8.28. The molecule has 1 amide bonds. The van der Waals surface area contributed by atoms with Gasteiger partial charge in [0.25, 0.3) is 5.91 Å². The minimum Gasteiger partial charge on any atom is -0.508 e. The van der Waals surface area contributed by atoms with E-state index in [2.05, 4.69) is 29.4 Å². The van der Waals surface area contributed by atoms with E-state index < -0.39 is 0 Å². The van der Waals surface area contributed by atoms with E-state index in [9.17, 15) is 9.90 Å². The number of anilines is 1. The second-order valence-corrected chi connectivity index (χ2v) is 7.77. The first-order chi connectivity index (χ1) is 11.5. The van der Waals surface area contributed by atoms with Gasteiger partial charge in [0.1, 0.15) is 16.9 Å². The van der Waals surface area contributed by atoms with Crippen LogP contribution in [0.4, 0.5) is 5.00 Å². The Balaban J connectivity index is 1.65. The number of carbonyl (C=O) groups excluding carboxylic acids is 1. The second kappa shape index (κ2) is 5.79. The molecule has 1 unspecified atom stereocenters. The van der Waals surface area contributed by atoms with Crippen molar-refractivity contribution in [3.63, 3.8) is 0 Å². The molecule has 1 aromatic heterocycles. The van der Waals surface area contributed by atoms with Gasteiger partial charge in [0.2, 0.25) is 0 Å². The summed E-state index contributed by atoms with van der Waals surface area (Å²) < 4.78 is 0. The first-order valence-corrected chi connectivity index (χ1v) is 9.09. The van der Waals surface area contributed by atoms with Crippen LogP contribution in [-0.2, 0) is 13.0 Å². The molecule has 0 fully saturated rings. The molecule has 2 aromatic rings. The molecule has 1 aromatic carbocycles. The van der Waals surface area contributed by atoms with Gasteiger partial charge in [0, 0.05) is 24.0 Å². The molecule has 0 spiro atoms. The maximum Gasteiger partial charge on any atom is 0.256 e. The van der Waals surface area contributed by atoms with Crippen LogP contribution in [0.2, 0.25) is 0 Å². The van der Waals surface area contributed by atoms with Crippen molar-refractivity contribution < 1.29 is 9.90 Å². The molecule has 0 aliphatic carbocycles. The van der Waals surface area contributed by atoms with Gasteiger partial charge in [-0.25, -0.2) is 0 Å². The lowest BCUT2D eigenvalue weighted by Gasteiger charge is -2.30. The Morgan fingerprint density at radius 1 is 1.25 bits per heavy atom. The van der Waals surface area contributed by atoms with E-state index >= 15 is 0 Å². The largest absolute Gasteiger partial charge is 0.508 e. The summed E-state index contributed by atoms with van der Waals surface area (Å²) in [7, 11) is 0. The standard InChI is InChI=1S/C18H21N3O2S/c1-10(2)21-8-7-13-14(9-21)24-18-15(13)17(23)19-16(20-18)11-3-5-12(22)6-4-11/h3-6,10,16,20,22H,7-9H2,1-2H3,(H,19,23). The van der Waals surface area contributed by atoms with Gasteiger partial charge in [-0.05, 0) is 43.5 Å². The maximum atomic E-state index is 12.7. The predicted molar refractivity (Wildman–Crippen MR) is 95.5 cm³/mol. The number of hydrogen-bond acceptors (Lipinski definition) is 5. The smallest absolute Gasteiger partial charge is 0.256 e. The van der Waals surface area contributed by atoms with Crippen LogP contribution >= 0.6 is 11.3 Å². The lowest BCUT2D eigenvalue weighted by molar-refractivity contribution is 0.0934. The number of carbonyl (C=O) groups is 1. The van der Waals surface area contributed by atoms with Crippen LogP contribution in [0.3, 0.4) is 0 Å². The normalized spacial score (nSPS) is 20.3. The van der Waals surface area contributed by atoms with Crippen LogP contribution in [0.1, 0.15) is 46.4 Å². The average molecular weight is 343 g/mol. The number of fused-ring (bicyclic) bond motifs is 3. The van der Waals surface area contributed by atoms with E-state index in [1.807, 2.05) is 12.1 Å². The summed E-state index contributed by atoms with van der Waals surface area (Å²) in [5, 5.41) is 16.9. The van der Waals surface area contributed by atoms with Crippen LogP contribution in [-0.4, -0.2) is 28.5 Å². The van der Waals surface area contributed by atoms with Crippen molar-refractivity contribution in [2.24, 2.45) is 0 Å². The van der Waals surface area contributed by atoms with Gasteiger partial charge >= 0.3 is 0 Å². The molecular formula is C18H21N3O2S. The van der Waals surface area contributed by atoms with Gasteiger partial charge in [0.15, 0.2) is 0 Å². The third-order valence-corrected chi connectivity index (χ3v) is 5.97. The number of phenolic OH excluding ortho intramolecular Hbond substituents is 1. The number of phenols is 1. The quantitative estimate of drug-likeness (QED) is 0.784. The summed E-state index contributed by atoms with van der Waals surface area (Å²) in [5.41, 5.74) is 2.97. The van der Waals surface area contributed by atoms with Crippen molar-refractivity contribution >= 4 is 22.2 Å². The molecule has 126 valence electrons. The van der Waals surface area contributed by atoms with E-state index in [0.717, 1.165) is 35.6 Å². The molecule has 5 nitrogen and oxygen atoms in total. The summed E-state index contributed by atoms with van der Waals surface area (Å²) in [6.45, 7) is 6.35. The highest BCUT2D eigenvalue weighted by atomic mass is 32.1. The van der Waals surface area contributed by atoms with Crippen LogP contribution in [0.5, 0.6) is 5.75 Å². The summed E-state index contributed by atoms with van der Waals surface area (Å²) in [4.78, 5) is 16.4. The van der Waals surface area contributed by atoms with Crippen molar-refractivity contribution in [1.29, 1.82) is 0 Å². The third-order valence-electron chi connectivity index (χ3n) is 4.82. The minimum absolute atomic E-state index is 0.00248. The van der Waals surface area contributed by atoms with Crippen LogP contribution in [0, 0.1) is 0 Å². The summed E-state index contributed by atoms with van der Waals surface area (Å²) in [6, 6.07) is 7.44. The van der Waals surface area contributed by atoms with Crippen molar-refractivity contribution in [1.82, 2.24) is 10.2 Å². The van der Waals surface area contributed by atoms with Gasteiger partial charge < -0.3 is 15.7 Å².